The summed E-state index contributed by atoms with van der Waals surface area (Å²) >= 11 is 0. The number of ketones is 1. The van der Waals surface area contributed by atoms with E-state index in [9.17, 15) is 9.59 Å². The van der Waals surface area contributed by atoms with Crippen LogP contribution in [0.25, 0.3) is 0 Å². The maximum Gasteiger partial charge on any atom is 0.255 e. The van der Waals surface area contributed by atoms with Crippen LogP contribution in [0.3, 0.4) is 0 Å². The number of Topliss-reactive ketones (excluding diaryl/α,β-unsaturated/α-hetero) is 1. The summed E-state index contributed by atoms with van der Waals surface area (Å²) in [6.07, 6.45) is 2.96. The maximum atomic E-state index is 11.8. The van der Waals surface area contributed by atoms with Gasteiger partial charge in [0.2, 0.25) is 0 Å². The van der Waals surface area contributed by atoms with Gasteiger partial charge in [0.1, 0.15) is 5.75 Å². The summed E-state index contributed by atoms with van der Waals surface area (Å²) in [5.74, 6) is -0.0405. The number of amides is 1. The normalized spacial score (nSPS) is 10.1. The lowest BCUT2D eigenvalue weighted by atomic mass is 10.1. The van der Waals surface area contributed by atoms with Gasteiger partial charge in [-0.25, -0.2) is 0 Å². The number of nitrogens with zero attached hydrogens (tertiary/aromatic N) is 1. The van der Waals surface area contributed by atoms with E-state index in [4.69, 9.17) is 4.74 Å². The molecule has 0 aliphatic carbocycles. The van der Waals surface area contributed by atoms with E-state index in [1.54, 1.807) is 19.9 Å². The van der Waals surface area contributed by atoms with Gasteiger partial charge in [0.25, 0.3) is 5.91 Å². The van der Waals surface area contributed by atoms with E-state index in [0.717, 1.165) is 0 Å². The summed E-state index contributed by atoms with van der Waals surface area (Å²) < 4.78 is 5.01. The topological polar surface area (TPSA) is 68.3 Å². The van der Waals surface area contributed by atoms with Gasteiger partial charge in [0.15, 0.2) is 5.78 Å². The van der Waals surface area contributed by atoms with Crippen molar-refractivity contribution in [2.45, 2.75) is 13.8 Å². The Kier molecular flexibility index (Phi) is 4.63. The van der Waals surface area contributed by atoms with E-state index in [1.165, 1.54) is 19.5 Å². The van der Waals surface area contributed by atoms with Gasteiger partial charge in [-0.15, -0.1) is 0 Å². The molecule has 0 aliphatic rings. The Balaban J connectivity index is 2.67. The Labute approximate surface area is 100 Å². The quantitative estimate of drug-likeness (QED) is 0.829. The molecule has 0 atom stereocenters. The predicted molar refractivity (Wildman–Crippen MR) is 63.0 cm³/mol. The smallest absolute Gasteiger partial charge is 0.255 e. The lowest BCUT2D eigenvalue weighted by Crippen LogP contribution is -2.31. The molecule has 0 unspecified atom stereocenters. The first-order valence-electron chi connectivity index (χ1n) is 5.35. The van der Waals surface area contributed by atoms with E-state index in [-0.39, 0.29) is 24.2 Å². The fourth-order valence-electron chi connectivity index (χ4n) is 1.20. The van der Waals surface area contributed by atoms with Crippen LogP contribution in [0, 0.1) is 5.92 Å². The van der Waals surface area contributed by atoms with Crippen LogP contribution in [0.1, 0.15) is 24.2 Å². The van der Waals surface area contributed by atoms with Crippen LogP contribution >= 0.6 is 0 Å². The van der Waals surface area contributed by atoms with Crippen LogP contribution in [0.2, 0.25) is 0 Å². The Morgan fingerprint density at radius 1 is 1.47 bits per heavy atom. The summed E-state index contributed by atoms with van der Waals surface area (Å²) in [4.78, 5) is 27.0. The van der Waals surface area contributed by atoms with E-state index in [2.05, 4.69) is 10.3 Å². The molecule has 1 aromatic heterocycles. The molecule has 0 spiro atoms. The minimum atomic E-state index is -0.335. The van der Waals surface area contributed by atoms with Crippen molar-refractivity contribution in [3.05, 3.63) is 24.0 Å². The lowest BCUT2D eigenvalue weighted by molar-refractivity contribution is -0.120. The minimum Gasteiger partial charge on any atom is -0.494 e. The molecule has 1 N–H and O–H groups in total. The Bertz CT molecular complexity index is 416. The van der Waals surface area contributed by atoms with Crippen LogP contribution in [0.5, 0.6) is 5.75 Å². The molecular formula is C12H16N2O3. The number of pyridine rings is 1. The number of nitrogens with one attached hydrogen (secondary N) is 1. The second kappa shape index (κ2) is 5.98. The first-order chi connectivity index (χ1) is 8.06. The average molecular weight is 236 g/mol. The Hall–Kier alpha value is -1.91. The van der Waals surface area contributed by atoms with E-state index >= 15 is 0 Å². The third kappa shape index (κ3) is 3.55. The molecule has 0 aliphatic heterocycles. The summed E-state index contributed by atoms with van der Waals surface area (Å²) in [6, 6.07) is 1.55. The molecule has 0 saturated carbocycles. The summed E-state index contributed by atoms with van der Waals surface area (Å²) in [5, 5.41) is 2.56. The van der Waals surface area contributed by atoms with E-state index in [1.807, 2.05) is 0 Å². The van der Waals surface area contributed by atoms with Gasteiger partial charge in [-0.2, -0.15) is 0 Å². The standard InChI is InChI=1S/C12H16N2O3/c1-8(2)10(15)6-14-12(16)9-4-5-13-7-11(9)17-3/h4-5,7-8H,6H2,1-3H3,(H,14,16). The van der Waals surface area contributed by atoms with Gasteiger partial charge in [-0.3, -0.25) is 14.6 Å². The zero-order chi connectivity index (χ0) is 12.8. The highest BCUT2D eigenvalue weighted by Gasteiger charge is 2.14. The van der Waals surface area contributed by atoms with Crippen molar-refractivity contribution in [2.24, 2.45) is 5.92 Å². The van der Waals surface area contributed by atoms with Gasteiger partial charge in [0.05, 0.1) is 25.4 Å². The van der Waals surface area contributed by atoms with Crippen LogP contribution in [0.4, 0.5) is 0 Å². The SMILES string of the molecule is COc1cnccc1C(=O)NCC(=O)C(C)C. The summed E-state index contributed by atoms with van der Waals surface area (Å²) in [7, 11) is 1.47. The second-order valence-electron chi connectivity index (χ2n) is 3.88. The number of ether oxygens (including phenoxy) is 1. The predicted octanol–water partition coefficient (Wildman–Crippen LogP) is 1.05. The van der Waals surface area contributed by atoms with Crippen molar-refractivity contribution in [3.63, 3.8) is 0 Å². The second-order valence-corrected chi connectivity index (χ2v) is 3.88. The molecule has 5 heteroatoms. The van der Waals surface area contributed by atoms with Gasteiger partial charge in [-0.1, -0.05) is 13.8 Å². The maximum absolute atomic E-state index is 11.8. The Morgan fingerprint density at radius 2 is 2.18 bits per heavy atom. The zero-order valence-corrected chi connectivity index (χ0v) is 10.2. The minimum absolute atomic E-state index is 0.00799. The average Bonchev–Trinajstić information content (AvgIpc) is 2.35. The molecule has 1 amide bonds. The van der Waals surface area contributed by atoms with Gasteiger partial charge in [0, 0.05) is 12.1 Å². The van der Waals surface area contributed by atoms with Gasteiger partial charge in [-0.05, 0) is 6.07 Å². The molecule has 17 heavy (non-hydrogen) atoms. The zero-order valence-electron chi connectivity index (χ0n) is 10.2. The molecular weight excluding hydrogens is 220 g/mol. The van der Waals surface area contributed by atoms with Crippen molar-refractivity contribution in [1.29, 1.82) is 0 Å². The monoisotopic (exact) mass is 236 g/mol. The number of carbonyl (C=O) groups excluding carboxylic acids is 2. The first kappa shape index (κ1) is 13.2. The lowest BCUT2D eigenvalue weighted by Gasteiger charge is -2.09. The summed E-state index contributed by atoms with van der Waals surface area (Å²) in [5.41, 5.74) is 0.374. The molecule has 0 radical (unpaired) electrons. The van der Waals surface area contributed by atoms with Crippen molar-refractivity contribution in [3.8, 4) is 5.75 Å². The Morgan fingerprint density at radius 3 is 2.76 bits per heavy atom. The fraction of sp³-hybridized carbons (Fsp3) is 0.417. The third-order valence-electron chi connectivity index (χ3n) is 2.32. The molecule has 0 saturated heterocycles. The molecule has 0 aromatic carbocycles. The molecule has 1 heterocycles. The van der Waals surface area contributed by atoms with Crippen molar-refractivity contribution < 1.29 is 14.3 Å². The highest BCUT2D eigenvalue weighted by atomic mass is 16.5. The number of aromatic nitrogens is 1. The van der Waals surface area contributed by atoms with Gasteiger partial charge >= 0.3 is 0 Å². The number of hydrogen-bond donors (Lipinski definition) is 1. The highest BCUT2D eigenvalue weighted by Crippen LogP contribution is 2.14. The van der Waals surface area contributed by atoms with Crippen molar-refractivity contribution in [1.82, 2.24) is 10.3 Å². The fourth-order valence-corrected chi connectivity index (χ4v) is 1.20. The van der Waals surface area contributed by atoms with Crippen LogP contribution in [0.15, 0.2) is 18.5 Å². The largest absolute Gasteiger partial charge is 0.494 e. The number of methoxy groups -OCH3 is 1. The first-order valence-corrected chi connectivity index (χ1v) is 5.35. The van der Waals surface area contributed by atoms with Crippen LogP contribution in [-0.2, 0) is 4.79 Å². The van der Waals surface area contributed by atoms with E-state index < -0.39 is 0 Å². The number of rotatable bonds is 5. The molecule has 5 nitrogen and oxygen atoms in total. The van der Waals surface area contributed by atoms with Crippen LogP contribution in [-0.4, -0.2) is 30.3 Å². The number of carbonyl (C=O) groups is 2. The molecule has 1 rings (SSSR count). The highest BCUT2D eigenvalue weighted by molar-refractivity contribution is 5.98. The third-order valence-corrected chi connectivity index (χ3v) is 2.32. The van der Waals surface area contributed by atoms with Gasteiger partial charge < -0.3 is 10.1 Å². The summed E-state index contributed by atoms with van der Waals surface area (Å²) in [6.45, 7) is 3.62. The van der Waals surface area contributed by atoms with Crippen molar-refractivity contribution in [2.75, 3.05) is 13.7 Å². The molecule has 1 aromatic rings. The van der Waals surface area contributed by atoms with E-state index in [0.29, 0.717) is 11.3 Å². The molecule has 92 valence electrons. The molecule has 0 fully saturated rings. The number of hydrogen-bond acceptors (Lipinski definition) is 4. The molecule has 0 bridgehead atoms. The van der Waals surface area contributed by atoms with Crippen molar-refractivity contribution >= 4 is 11.7 Å². The van der Waals surface area contributed by atoms with Crippen LogP contribution < -0.4 is 10.1 Å².